The third-order valence-corrected chi connectivity index (χ3v) is 12.2. The lowest BCUT2D eigenvalue weighted by atomic mass is 9.92. The minimum absolute atomic E-state index is 0.543. The lowest BCUT2D eigenvalue weighted by Crippen LogP contribution is -1.97. The summed E-state index contributed by atoms with van der Waals surface area (Å²) in [7, 11) is 0. The van der Waals surface area contributed by atoms with E-state index in [2.05, 4.69) is 155 Å². The summed E-state index contributed by atoms with van der Waals surface area (Å²) in [5, 5.41) is 27.2. The molecule has 282 valence electrons. The Kier molecular flexibility index (Phi) is 7.59. The van der Waals surface area contributed by atoms with E-state index < -0.39 is 0 Å². The Morgan fingerprint density at radius 1 is 0.393 bits per heavy atom. The van der Waals surface area contributed by atoms with Crippen LogP contribution in [0, 0.1) is 22.7 Å². The first-order valence-electron chi connectivity index (χ1n) is 20.3. The Labute approximate surface area is 350 Å². The van der Waals surface area contributed by atoms with Gasteiger partial charge in [0.2, 0.25) is 0 Å². The molecule has 3 heterocycles. The molecular weight excluding hydrogens is 745 g/mol. The number of para-hydroxylation sites is 5. The summed E-state index contributed by atoms with van der Waals surface area (Å²) in [6.45, 7) is 0. The Hall–Kier alpha value is -8.64. The summed E-state index contributed by atoms with van der Waals surface area (Å²) in [6.07, 6.45) is 0. The Balaban J connectivity index is 1.17. The maximum Gasteiger partial charge on any atom is 0.143 e. The van der Waals surface area contributed by atoms with E-state index in [-0.39, 0.29) is 0 Å². The van der Waals surface area contributed by atoms with E-state index in [1.165, 1.54) is 16.2 Å². The van der Waals surface area contributed by atoms with Gasteiger partial charge in [-0.1, -0.05) is 121 Å². The van der Waals surface area contributed by atoms with E-state index in [4.69, 9.17) is 4.42 Å². The van der Waals surface area contributed by atoms with Crippen LogP contribution in [-0.2, 0) is 0 Å². The van der Waals surface area contributed by atoms with Crippen molar-refractivity contribution in [1.82, 2.24) is 9.13 Å². The zero-order valence-corrected chi connectivity index (χ0v) is 32.7. The lowest BCUT2D eigenvalue weighted by Gasteiger charge is -2.15. The average Bonchev–Trinajstić information content (AvgIpc) is 3.99. The minimum atomic E-state index is 0.543. The molecule has 0 bridgehead atoms. The maximum atomic E-state index is 10.8. The van der Waals surface area contributed by atoms with E-state index in [9.17, 15) is 10.5 Å². The third kappa shape index (κ3) is 5.25. The van der Waals surface area contributed by atoms with E-state index >= 15 is 0 Å². The SMILES string of the molecule is N#Cc1cccc(-c2ccc(-c3cc(-c4cccc5c4oc4ccccc45)cc(-n4c5ccccc5c5c4ccc4c6ccccc6n(-c6ccccc6)c45)c3)c(C#N)c2)c1. The largest absolute Gasteiger partial charge is 0.455 e. The molecule has 0 amide bonds. The van der Waals surface area contributed by atoms with Gasteiger partial charge in [0.1, 0.15) is 11.2 Å². The number of aromatic nitrogens is 2. The van der Waals surface area contributed by atoms with Crippen LogP contribution in [0.3, 0.4) is 0 Å². The number of hydrogen-bond acceptors (Lipinski definition) is 3. The molecule has 0 saturated carbocycles. The number of benzene rings is 9. The van der Waals surface area contributed by atoms with Crippen molar-refractivity contribution >= 4 is 65.6 Å². The zero-order chi connectivity index (χ0) is 40.6. The smallest absolute Gasteiger partial charge is 0.143 e. The number of nitrogens with zero attached hydrogens (tertiary/aromatic N) is 4. The second-order valence-corrected chi connectivity index (χ2v) is 15.5. The van der Waals surface area contributed by atoms with Gasteiger partial charge in [-0.2, -0.15) is 10.5 Å². The van der Waals surface area contributed by atoms with E-state index in [0.717, 1.165) is 94.1 Å². The fourth-order valence-electron chi connectivity index (χ4n) is 9.49. The number of nitriles is 2. The molecule has 0 fully saturated rings. The molecule has 61 heavy (non-hydrogen) atoms. The summed E-state index contributed by atoms with van der Waals surface area (Å²) < 4.78 is 11.4. The number of hydrogen-bond donors (Lipinski definition) is 0. The lowest BCUT2D eigenvalue weighted by molar-refractivity contribution is 0.670. The maximum absolute atomic E-state index is 10.8. The van der Waals surface area contributed by atoms with Gasteiger partial charge in [-0.3, -0.25) is 0 Å². The van der Waals surface area contributed by atoms with Crippen molar-refractivity contribution in [2.24, 2.45) is 0 Å². The molecule has 0 aliphatic carbocycles. The minimum Gasteiger partial charge on any atom is -0.455 e. The van der Waals surface area contributed by atoms with Crippen LogP contribution in [0.15, 0.2) is 199 Å². The van der Waals surface area contributed by atoms with Crippen molar-refractivity contribution in [3.63, 3.8) is 0 Å². The topological polar surface area (TPSA) is 70.6 Å². The van der Waals surface area contributed by atoms with Crippen LogP contribution >= 0.6 is 0 Å². The molecule has 0 radical (unpaired) electrons. The summed E-state index contributed by atoms with van der Waals surface area (Å²) in [5.41, 5.74) is 14.7. The molecule has 0 spiro atoms. The Bertz CT molecular complexity index is 3850. The highest BCUT2D eigenvalue weighted by atomic mass is 16.3. The van der Waals surface area contributed by atoms with E-state index in [0.29, 0.717) is 11.1 Å². The second-order valence-electron chi connectivity index (χ2n) is 15.5. The van der Waals surface area contributed by atoms with Crippen molar-refractivity contribution in [3.8, 4) is 56.9 Å². The van der Waals surface area contributed by atoms with Gasteiger partial charge >= 0.3 is 0 Å². The van der Waals surface area contributed by atoms with Crippen LogP contribution < -0.4 is 0 Å². The highest BCUT2D eigenvalue weighted by molar-refractivity contribution is 6.26. The van der Waals surface area contributed by atoms with Gasteiger partial charge in [-0.15, -0.1) is 0 Å². The van der Waals surface area contributed by atoms with Crippen LogP contribution in [0.25, 0.3) is 110 Å². The predicted octanol–water partition coefficient (Wildman–Crippen LogP) is 14.5. The van der Waals surface area contributed by atoms with Gasteiger partial charge in [0.15, 0.2) is 0 Å². The molecule has 5 heteroatoms. The number of furan rings is 1. The van der Waals surface area contributed by atoms with E-state index in [1.807, 2.05) is 54.6 Å². The second kappa shape index (κ2) is 13.5. The van der Waals surface area contributed by atoms with Gasteiger partial charge in [0.05, 0.1) is 45.3 Å². The normalized spacial score (nSPS) is 11.6. The van der Waals surface area contributed by atoms with Crippen molar-refractivity contribution in [2.75, 3.05) is 0 Å². The Morgan fingerprint density at radius 2 is 1.08 bits per heavy atom. The van der Waals surface area contributed by atoms with Gasteiger partial charge in [0.25, 0.3) is 0 Å². The predicted molar refractivity (Wildman–Crippen MR) is 248 cm³/mol. The molecule has 0 atom stereocenters. The molecule has 0 N–H and O–H groups in total. The third-order valence-electron chi connectivity index (χ3n) is 12.2. The van der Waals surface area contributed by atoms with Gasteiger partial charge in [-0.05, 0) is 101 Å². The average molecular weight is 777 g/mol. The van der Waals surface area contributed by atoms with Crippen LogP contribution in [0.5, 0.6) is 0 Å². The molecule has 12 rings (SSSR count). The number of fused-ring (bicyclic) bond motifs is 10. The summed E-state index contributed by atoms with van der Waals surface area (Å²) in [5.74, 6) is 0. The summed E-state index contributed by atoms with van der Waals surface area (Å²) in [6, 6.07) is 71.9. The molecule has 3 aromatic heterocycles. The summed E-state index contributed by atoms with van der Waals surface area (Å²) in [4.78, 5) is 0. The highest BCUT2D eigenvalue weighted by Crippen LogP contribution is 2.44. The molecule has 5 nitrogen and oxygen atoms in total. The van der Waals surface area contributed by atoms with Gasteiger partial charge in [0, 0.05) is 49.3 Å². The van der Waals surface area contributed by atoms with Crippen molar-refractivity contribution in [2.45, 2.75) is 0 Å². The molecule has 12 aromatic rings. The first-order valence-corrected chi connectivity index (χ1v) is 20.3. The molecular formula is C56H32N4O. The molecule has 9 aromatic carbocycles. The number of rotatable bonds is 5. The first kappa shape index (κ1) is 34.4. The quantitative estimate of drug-likeness (QED) is 0.175. The fraction of sp³-hybridized carbons (Fsp3) is 0. The first-order chi connectivity index (χ1) is 30.2. The van der Waals surface area contributed by atoms with Crippen molar-refractivity contribution < 1.29 is 4.42 Å². The van der Waals surface area contributed by atoms with Crippen LogP contribution in [-0.4, -0.2) is 9.13 Å². The monoisotopic (exact) mass is 776 g/mol. The van der Waals surface area contributed by atoms with Crippen LogP contribution in [0.1, 0.15) is 11.1 Å². The standard InChI is InChI=1S/C56H32N4O/c57-33-35-12-10-13-36(28-35)37-24-25-43(40(29-37)34-58)38-30-39(44-19-11-20-48-46-17-6-9-23-53(46)61-56(44)48)32-42(31-38)59-51-22-8-5-18-49(51)54-52(59)27-26-47-45-16-4-7-21-50(45)60(55(47)54)41-14-2-1-3-15-41/h1-32H. The molecule has 0 saturated heterocycles. The van der Waals surface area contributed by atoms with Crippen molar-refractivity contribution in [3.05, 3.63) is 205 Å². The highest BCUT2D eigenvalue weighted by Gasteiger charge is 2.22. The molecule has 0 aliphatic rings. The summed E-state index contributed by atoms with van der Waals surface area (Å²) >= 11 is 0. The zero-order valence-electron chi connectivity index (χ0n) is 32.7. The fourth-order valence-corrected chi connectivity index (χ4v) is 9.49. The van der Waals surface area contributed by atoms with Crippen LogP contribution in [0.4, 0.5) is 0 Å². The van der Waals surface area contributed by atoms with Crippen LogP contribution in [0.2, 0.25) is 0 Å². The Morgan fingerprint density at radius 3 is 1.90 bits per heavy atom. The molecule has 0 unspecified atom stereocenters. The van der Waals surface area contributed by atoms with Crippen molar-refractivity contribution in [1.29, 1.82) is 10.5 Å². The van der Waals surface area contributed by atoms with E-state index in [1.54, 1.807) is 6.07 Å². The van der Waals surface area contributed by atoms with Gasteiger partial charge < -0.3 is 13.6 Å². The van der Waals surface area contributed by atoms with Gasteiger partial charge in [-0.25, -0.2) is 0 Å². The molecule has 0 aliphatic heterocycles.